The first-order valence-electron chi connectivity index (χ1n) is 8.04. The molecule has 0 spiro atoms. The van der Waals surface area contributed by atoms with Crippen molar-refractivity contribution in [2.24, 2.45) is 0 Å². The van der Waals surface area contributed by atoms with Crippen molar-refractivity contribution >= 4 is 17.3 Å². The number of nitrogens with zero attached hydrogens (tertiary/aromatic N) is 2. The van der Waals surface area contributed by atoms with Crippen molar-refractivity contribution in [3.05, 3.63) is 96.1 Å². The lowest BCUT2D eigenvalue weighted by Crippen LogP contribution is -2.43. The van der Waals surface area contributed by atoms with Crippen LogP contribution in [0.25, 0.3) is 0 Å². The van der Waals surface area contributed by atoms with Crippen LogP contribution in [0.3, 0.4) is 0 Å². The van der Waals surface area contributed by atoms with Crippen LogP contribution in [0.4, 0.5) is 11.4 Å². The van der Waals surface area contributed by atoms with E-state index >= 15 is 0 Å². The number of carbonyl (C=O) groups excluding carboxylic acids is 1. The minimum atomic E-state index is -0.256. The second kappa shape index (κ2) is 5.85. The number of amides is 1. The van der Waals surface area contributed by atoms with Crippen LogP contribution in [0.1, 0.15) is 17.0 Å². The molecule has 0 fully saturated rings. The second-order valence-corrected chi connectivity index (χ2v) is 5.91. The summed E-state index contributed by atoms with van der Waals surface area (Å²) in [4.78, 5) is 13.3. The molecule has 0 saturated heterocycles. The number of hydrazine groups is 1. The lowest BCUT2D eigenvalue weighted by molar-refractivity contribution is -0.118. The summed E-state index contributed by atoms with van der Waals surface area (Å²) in [6, 6.07) is 27.9. The number of hydrogen-bond acceptors (Lipinski definition) is 2. The van der Waals surface area contributed by atoms with E-state index in [9.17, 15) is 4.79 Å². The van der Waals surface area contributed by atoms with Crippen LogP contribution < -0.4 is 10.0 Å². The zero-order valence-corrected chi connectivity index (χ0v) is 13.5. The maximum Gasteiger partial charge on any atom is 0.257 e. The minimum absolute atomic E-state index is 0.0775. The summed E-state index contributed by atoms with van der Waals surface area (Å²) in [5.74, 6) is -0.178. The zero-order chi connectivity index (χ0) is 16.5. The van der Waals surface area contributed by atoms with Gasteiger partial charge in [0.2, 0.25) is 0 Å². The molecular weight excluding hydrogens is 296 g/mol. The van der Waals surface area contributed by atoms with Gasteiger partial charge in [-0.15, -0.1) is 0 Å². The van der Waals surface area contributed by atoms with E-state index in [-0.39, 0.29) is 11.8 Å². The molecule has 0 aromatic heterocycles. The van der Waals surface area contributed by atoms with Crippen LogP contribution in [0, 0.1) is 0 Å². The Morgan fingerprint density at radius 2 is 1.38 bits per heavy atom. The normalized spacial score (nSPS) is 16.1. The fourth-order valence-electron chi connectivity index (χ4n) is 3.33. The second-order valence-electron chi connectivity index (χ2n) is 5.91. The van der Waals surface area contributed by atoms with Crippen LogP contribution in [0.2, 0.25) is 0 Å². The van der Waals surface area contributed by atoms with Gasteiger partial charge in [-0.2, -0.15) is 0 Å². The molecule has 1 heterocycles. The molecular formula is C21H18N2O. The number of carbonyl (C=O) groups is 1. The first-order valence-corrected chi connectivity index (χ1v) is 8.04. The monoisotopic (exact) mass is 314 g/mol. The van der Waals surface area contributed by atoms with Crippen LogP contribution in [-0.4, -0.2) is 13.0 Å². The van der Waals surface area contributed by atoms with E-state index in [0.29, 0.717) is 0 Å². The van der Waals surface area contributed by atoms with Crippen molar-refractivity contribution in [2.75, 3.05) is 17.1 Å². The van der Waals surface area contributed by atoms with Gasteiger partial charge in [-0.1, -0.05) is 66.7 Å². The molecule has 3 heteroatoms. The topological polar surface area (TPSA) is 23.6 Å². The van der Waals surface area contributed by atoms with Crippen molar-refractivity contribution < 1.29 is 4.79 Å². The van der Waals surface area contributed by atoms with E-state index in [4.69, 9.17) is 0 Å². The van der Waals surface area contributed by atoms with Gasteiger partial charge < -0.3 is 0 Å². The number of para-hydroxylation sites is 2. The Bertz CT molecular complexity index is 861. The molecule has 1 aliphatic heterocycles. The van der Waals surface area contributed by atoms with Crippen LogP contribution in [0.15, 0.2) is 84.9 Å². The van der Waals surface area contributed by atoms with E-state index in [0.717, 1.165) is 22.5 Å². The SMILES string of the molecule is CN(c1ccccc1)N1C(=O)[C@H](c2ccccc2)c2ccccc21. The molecule has 1 aliphatic rings. The highest BCUT2D eigenvalue weighted by Crippen LogP contribution is 2.42. The Morgan fingerprint density at radius 1 is 0.792 bits per heavy atom. The summed E-state index contributed by atoms with van der Waals surface area (Å²) in [6.07, 6.45) is 0. The molecule has 0 N–H and O–H groups in total. The van der Waals surface area contributed by atoms with E-state index in [1.54, 1.807) is 5.01 Å². The van der Waals surface area contributed by atoms with Crippen molar-refractivity contribution in [2.45, 2.75) is 5.92 Å². The van der Waals surface area contributed by atoms with Crippen molar-refractivity contribution in [1.29, 1.82) is 0 Å². The molecule has 3 aromatic rings. The largest absolute Gasteiger partial charge is 0.281 e. The van der Waals surface area contributed by atoms with Crippen molar-refractivity contribution in [3.8, 4) is 0 Å². The number of rotatable bonds is 3. The fraction of sp³-hybridized carbons (Fsp3) is 0.0952. The van der Waals surface area contributed by atoms with Gasteiger partial charge in [0.1, 0.15) is 0 Å². The highest BCUT2D eigenvalue weighted by Gasteiger charge is 2.40. The summed E-state index contributed by atoms with van der Waals surface area (Å²) < 4.78 is 0. The molecule has 24 heavy (non-hydrogen) atoms. The van der Waals surface area contributed by atoms with Crippen molar-refractivity contribution in [1.82, 2.24) is 0 Å². The first kappa shape index (κ1) is 14.5. The average molecular weight is 314 g/mol. The fourth-order valence-corrected chi connectivity index (χ4v) is 3.33. The van der Waals surface area contributed by atoms with Gasteiger partial charge in [0.05, 0.1) is 17.3 Å². The van der Waals surface area contributed by atoms with Gasteiger partial charge in [0, 0.05) is 7.05 Å². The maximum atomic E-state index is 13.3. The molecule has 0 saturated carbocycles. The lowest BCUT2D eigenvalue weighted by atomic mass is 9.93. The Balaban J connectivity index is 1.81. The number of benzene rings is 3. The maximum absolute atomic E-state index is 13.3. The third-order valence-electron chi connectivity index (χ3n) is 4.49. The zero-order valence-electron chi connectivity index (χ0n) is 13.5. The predicted octanol–water partition coefficient (Wildman–Crippen LogP) is 4.22. The third-order valence-corrected chi connectivity index (χ3v) is 4.49. The van der Waals surface area contributed by atoms with Gasteiger partial charge in [-0.3, -0.25) is 9.80 Å². The third kappa shape index (κ3) is 2.26. The Labute approximate surface area is 141 Å². The van der Waals surface area contributed by atoms with E-state index in [1.165, 1.54) is 0 Å². The molecule has 0 unspecified atom stereocenters. The number of anilines is 2. The highest BCUT2D eigenvalue weighted by atomic mass is 16.2. The molecule has 0 radical (unpaired) electrons. The van der Waals surface area contributed by atoms with Gasteiger partial charge in [-0.25, -0.2) is 5.01 Å². The minimum Gasteiger partial charge on any atom is -0.281 e. The quantitative estimate of drug-likeness (QED) is 0.723. The molecule has 1 atom stereocenters. The summed E-state index contributed by atoms with van der Waals surface area (Å²) in [7, 11) is 1.93. The highest BCUT2D eigenvalue weighted by molar-refractivity contribution is 6.08. The molecule has 3 nitrogen and oxygen atoms in total. The van der Waals surface area contributed by atoms with Crippen LogP contribution in [0.5, 0.6) is 0 Å². The van der Waals surface area contributed by atoms with Crippen molar-refractivity contribution in [3.63, 3.8) is 0 Å². The molecule has 0 aliphatic carbocycles. The molecule has 118 valence electrons. The van der Waals surface area contributed by atoms with Gasteiger partial charge in [0.15, 0.2) is 0 Å². The first-order chi connectivity index (χ1) is 11.8. The number of hydrogen-bond donors (Lipinski definition) is 0. The summed E-state index contributed by atoms with van der Waals surface area (Å²) >= 11 is 0. The van der Waals surface area contributed by atoms with Crippen LogP contribution >= 0.6 is 0 Å². The molecule has 0 bridgehead atoms. The molecule has 1 amide bonds. The van der Waals surface area contributed by atoms with E-state index < -0.39 is 0 Å². The van der Waals surface area contributed by atoms with E-state index in [2.05, 4.69) is 0 Å². The predicted molar refractivity (Wildman–Crippen MR) is 97.1 cm³/mol. The number of fused-ring (bicyclic) bond motifs is 1. The Kier molecular flexibility index (Phi) is 3.54. The summed E-state index contributed by atoms with van der Waals surface area (Å²) in [5, 5.41) is 3.70. The lowest BCUT2D eigenvalue weighted by Gasteiger charge is -2.30. The smallest absolute Gasteiger partial charge is 0.257 e. The van der Waals surface area contributed by atoms with Crippen LogP contribution in [-0.2, 0) is 4.79 Å². The van der Waals surface area contributed by atoms with Gasteiger partial charge in [-0.05, 0) is 29.3 Å². The standard InChI is InChI=1S/C21H18N2O/c1-22(17-12-6-3-7-13-17)23-19-15-9-8-14-18(19)20(21(23)24)16-10-4-2-5-11-16/h2-15,20H,1H3/t20-/m1/s1. The Morgan fingerprint density at radius 3 is 2.08 bits per heavy atom. The molecule has 4 rings (SSSR count). The Hall–Kier alpha value is -3.07. The van der Waals surface area contributed by atoms with Gasteiger partial charge >= 0.3 is 0 Å². The average Bonchev–Trinajstić information content (AvgIpc) is 2.94. The summed E-state index contributed by atoms with van der Waals surface area (Å²) in [5.41, 5.74) is 4.01. The molecule has 3 aromatic carbocycles. The van der Waals surface area contributed by atoms with E-state index in [1.807, 2.05) is 97.0 Å². The summed E-state index contributed by atoms with van der Waals surface area (Å²) in [6.45, 7) is 0. The van der Waals surface area contributed by atoms with Gasteiger partial charge in [0.25, 0.3) is 5.91 Å².